The summed E-state index contributed by atoms with van der Waals surface area (Å²) in [7, 11) is 0. The largest absolute Gasteiger partial charge is 0.367 e. The van der Waals surface area contributed by atoms with Crippen molar-refractivity contribution >= 4 is 5.69 Å². The molecule has 0 saturated carbocycles. The second-order valence-corrected chi connectivity index (χ2v) is 4.75. The van der Waals surface area contributed by atoms with Gasteiger partial charge in [-0.05, 0) is 44.0 Å². The molecule has 2 N–H and O–H groups in total. The van der Waals surface area contributed by atoms with Crippen molar-refractivity contribution in [3.05, 3.63) is 41.2 Å². The quantitative estimate of drug-likeness (QED) is 0.797. The topological polar surface area (TPSA) is 29.3 Å². The van der Waals surface area contributed by atoms with Crippen molar-refractivity contribution < 1.29 is 4.39 Å². The molecule has 1 aromatic rings. The maximum atomic E-state index is 13.3. The van der Waals surface area contributed by atoms with Crippen LogP contribution in [0.15, 0.2) is 29.8 Å². The second kappa shape index (κ2) is 4.88. The Kier molecular flexibility index (Phi) is 3.48. The van der Waals surface area contributed by atoms with E-state index in [0.717, 1.165) is 30.8 Å². The van der Waals surface area contributed by atoms with E-state index in [1.54, 1.807) is 6.07 Å². The summed E-state index contributed by atoms with van der Waals surface area (Å²) in [6.45, 7) is 5.90. The molecule has 92 valence electrons. The Labute approximate surface area is 102 Å². The van der Waals surface area contributed by atoms with Crippen molar-refractivity contribution in [3.8, 4) is 0 Å². The van der Waals surface area contributed by atoms with Gasteiger partial charge in [-0.1, -0.05) is 11.6 Å². The van der Waals surface area contributed by atoms with Gasteiger partial charge >= 0.3 is 0 Å². The van der Waals surface area contributed by atoms with Crippen molar-refractivity contribution in [3.63, 3.8) is 0 Å². The van der Waals surface area contributed by atoms with Crippen LogP contribution in [0.25, 0.3) is 0 Å². The van der Waals surface area contributed by atoms with Gasteiger partial charge in [-0.3, -0.25) is 0 Å². The predicted octanol–water partition coefficient (Wildman–Crippen LogP) is 3.00. The molecule has 0 aliphatic carbocycles. The molecule has 1 aromatic carbocycles. The number of anilines is 1. The Morgan fingerprint density at radius 2 is 2.18 bits per heavy atom. The molecule has 0 unspecified atom stereocenters. The number of benzene rings is 1. The molecule has 17 heavy (non-hydrogen) atoms. The van der Waals surface area contributed by atoms with Crippen LogP contribution in [0.1, 0.15) is 31.9 Å². The normalized spacial score (nSPS) is 17.9. The minimum Gasteiger partial charge on any atom is -0.367 e. The summed E-state index contributed by atoms with van der Waals surface area (Å²) < 4.78 is 13.3. The molecule has 1 heterocycles. The standard InChI is InChI=1S/C14H19FN2/c1-10-4-3-7-17(9-10)14-6-5-12(15)8-13(14)11(2)16/h4-6,8,11H,3,7,9,16H2,1-2H3/t11-/m1/s1. The van der Waals surface area contributed by atoms with E-state index in [0.29, 0.717) is 0 Å². The molecule has 3 heteroatoms. The van der Waals surface area contributed by atoms with E-state index in [1.807, 2.05) is 13.0 Å². The highest BCUT2D eigenvalue weighted by atomic mass is 19.1. The fourth-order valence-electron chi connectivity index (χ4n) is 2.30. The molecule has 0 radical (unpaired) electrons. The second-order valence-electron chi connectivity index (χ2n) is 4.75. The maximum Gasteiger partial charge on any atom is 0.123 e. The van der Waals surface area contributed by atoms with Crippen LogP contribution in [-0.2, 0) is 0 Å². The SMILES string of the molecule is CC1=CCCN(c2ccc(F)cc2[C@@H](C)N)C1. The fraction of sp³-hybridized carbons (Fsp3) is 0.429. The third-order valence-corrected chi connectivity index (χ3v) is 3.15. The smallest absolute Gasteiger partial charge is 0.123 e. The van der Waals surface area contributed by atoms with E-state index in [4.69, 9.17) is 5.73 Å². The predicted molar refractivity (Wildman–Crippen MR) is 69.6 cm³/mol. The lowest BCUT2D eigenvalue weighted by atomic mass is 10.0. The highest BCUT2D eigenvalue weighted by molar-refractivity contribution is 5.56. The van der Waals surface area contributed by atoms with Crippen molar-refractivity contribution in [1.82, 2.24) is 0 Å². The van der Waals surface area contributed by atoms with Crippen LogP contribution >= 0.6 is 0 Å². The van der Waals surface area contributed by atoms with Crippen molar-refractivity contribution in [2.45, 2.75) is 26.3 Å². The van der Waals surface area contributed by atoms with E-state index in [2.05, 4.69) is 17.9 Å². The number of rotatable bonds is 2. The average molecular weight is 234 g/mol. The number of halogens is 1. The first-order valence-electron chi connectivity index (χ1n) is 6.03. The lowest BCUT2D eigenvalue weighted by Crippen LogP contribution is -2.30. The molecule has 1 atom stereocenters. The highest BCUT2D eigenvalue weighted by Gasteiger charge is 2.16. The summed E-state index contributed by atoms with van der Waals surface area (Å²) in [5.74, 6) is -0.217. The Hall–Kier alpha value is -1.35. The van der Waals surface area contributed by atoms with Gasteiger partial charge < -0.3 is 10.6 Å². The highest BCUT2D eigenvalue weighted by Crippen LogP contribution is 2.28. The number of nitrogens with zero attached hydrogens (tertiary/aromatic N) is 1. The molecule has 0 aromatic heterocycles. The van der Waals surface area contributed by atoms with Crippen LogP contribution in [0.3, 0.4) is 0 Å². The van der Waals surface area contributed by atoms with E-state index in [1.165, 1.54) is 11.6 Å². The monoisotopic (exact) mass is 234 g/mol. The van der Waals surface area contributed by atoms with E-state index in [-0.39, 0.29) is 11.9 Å². The maximum absolute atomic E-state index is 13.3. The molecule has 0 saturated heterocycles. The van der Waals surface area contributed by atoms with Crippen LogP contribution in [0.4, 0.5) is 10.1 Å². The third kappa shape index (κ3) is 2.67. The minimum absolute atomic E-state index is 0.146. The molecule has 1 aliphatic rings. The van der Waals surface area contributed by atoms with Gasteiger partial charge in [0, 0.05) is 24.8 Å². The van der Waals surface area contributed by atoms with Gasteiger partial charge in [-0.15, -0.1) is 0 Å². The summed E-state index contributed by atoms with van der Waals surface area (Å²) >= 11 is 0. The first-order valence-corrected chi connectivity index (χ1v) is 6.03. The van der Waals surface area contributed by atoms with Gasteiger partial charge in [-0.2, -0.15) is 0 Å². The Morgan fingerprint density at radius 3 is 2.82 bits per heavy atom. The van der Waals surface area contributed by atoms with E-state index >= 15 is 0 Å². The van der Waals surface area contributed by atoms with Crippen LogP contribution in [0, 0.1) is 5.82 Å². The molecule has 0 spiro atoms. The zero-order chi connectivity index (χ0) is 12.4. The molecule has 0 bridgehead atoms. The molecule has 1 aliphatic heterocycles. The minimum atomic E-state index is -0.217. The zero-order valence-electron chi connectivity index (χ0n) is 10.4. The molecule has 0 amide bonds. The molecular weight excluding hydrogens is 215 g/mol. The van der Waals surface area contributed by atoms with Crippen LogP contribution in [-0.4, -0.2) is 13.1 Å². The van der Waals surface area contributed by atoms with Gasteiger partial charge in [0.1, 0.15) is 5.82 Å². The van der Waals surface area contributed by atoms with Gasteiger partial charge in [0.2, 0.25) is 0 Å². The van der Waals surface area contributed by atoms with Gasteiger partial charge in [0.05, 0.1) is 0 Å². The number of hydrogen-bond donors (Lipinski definition) is 1. The lowest BCUT2D eigenvalue weighted by molar-refractivity contribution is 0.621. The van der Waals surface area contributed by atoms with Crippen LogP contribution < -0.4 is 10.6 Å². The zero-order valence-corrected chi connectivity index (χ0v) is 10.4. The molecule has 0 fully saturated rings. The van der Waals surface area contributed by atoms with Gasteiger partial charge in [0.15, 0.2) is 0 Å². The van der Waals surface area contributed by atoms with Gasteiger partial charge in [0.25, 0.3) is 0 Å². The van der Waals surface area contributed by atoms with E-state index < -0.39 is 0 Å². The summed E-state index contributed by atoms with van der Waals surface area (Å²) in [6.07, 6.45) is 3.30. The summed E-state index contributed by atoms with van der Waals surface area (Å²) in [6, 6.07) is 4.75. The molecular formula is C14H19FN2. The fourth-order valence-corrected chi connectivity index (χ4v) is 2.30. The number of hydrogen-bond acceptors (Lipinski definition) is 2. The van der Waals surface area contributed by atoms with Crippen LogP contribution in [0.5, 0.6) is 0 Å². The molecule has 2 rings (SSSR count). The van der Waals surface area contributed by atoms with Gasteiger partial charge in [-0.25, -0.2) is 4.39 Å². The first-order chi connectivity index (χ1) is 8.08. The summed E-state index contributed by atoms with van der Waals surface area (Å²) in [5, 5.41) is 0. The Balaban J connectivity index is 2.34. The Morgan fingerprint density at radius 1 is 1.41 bits per heavy atom. The van der Waals surface area contributed by atoms with Crippen molar-refractivity contribution in [1.29, 1.82) is 0 Å². The third-order valence-electron chi connectivity index (χ3n) is 3.15. The molecule has 2 nitrogen and oxygen atoms in total. The number of nitrogens with two attached hydrogens (primary N) is 1. The first kappa shape index (κ1) is 12.1. The average Bonchev–Trinajstić information content (AvgIpc) is 2.28. The van der Waals surface area contributed by atoms with Crippen molar-refractivity contribution in [2.24, 2.45) is 5.73 Å². The Bertz CT molecular complexity index is 438. The lowest BCUT2D eigenvalue weighted by Gasteiger charge is -2.31. The van der Waals surface area contributed by atoms with E-state index in [9.17, 15) is 4.39 Å². The summed E-state index contributed by atoms with van der Waals surface area (Å²) in [5.41, 5.74) is 9.23. The van der Waals surface area contributed by atoms with Crippen molar-refractivity contribution in [2.75, 3.05) is 18.0 Å². The summed E-state index contributed by atoms with van der Waals surface area (Å²) in [4.78, 5) is 2.27. The van der Waals surface area contributed by atoms with Crippen LogP contribution in [0.2, 0.25) is 0 Å².